The van der Waals surface area contributed by atoms with E-state index in [9.17, 15) is 0 Å². The number of fused-ring (bicyclic) bond motifs is 1. The van der Waals surface area contributed by atoms with Crippen molar-refractivity contribution in [1.82, 2.24) is 15.4 Å². The van der Waals surface area contributed by atoms with Gasteiger partial charge < -0.3 is 4.52 Å². The summed E-state index contributed by atoms with van der Waals surface area (Å²) in [5.41, 5.74) is 2.36. The Balaban J connectivity index is 2.67. The number of hydrogen-bond donors (Lipinski definition) is 0. The molecule has 2 heterocycles. The molecule has 0 atom stereocenters. The average molecular weight is 149 g/mol. The third-order valence-electron chi connectivity index (χ3n) is 1.57. The van der Waals surface area contributed by atoms with Crippen LogP contribution in [0.25, 0.3) is 11.2 Å². The van der Waals surface area contributed by atoms with Crippen molar-refractivity contribution in [3.63, 3.8) is 0 Å². The minimum Gasteiger partial charge on any atom is -0.335 e. The molecule has 4 heteroatoms. The van der Waals surface area contributed by atoms with Crippen LogP contribution in [0.2, 0.25) is 0 Å². The van der Waals surface area contributed by atoms with Crippen molar-refractivity contribution in [1.29, 1.82) is 0 Å². The van der Waals surface area contributed by atoms with Crippen molar-refractivity contribution in [2.45, 2.75) is 13.3 Å². The molecule has 0 amide bonds. The van der Waals surface area contributed by atoms with Gasteiger partial charge >= 0.3 is 0 Å². The van der Waals surface area contributed by atoms with Crippen LogP contribution >= 0.6 is 0 Å². The van der Waals surface area contributed by atoms with Crippen LogP contribution in [0.4, 0.5) is 0 Å². The molecule has 0 radical (unpaired) electrons. The van der Waals surface area contributed by atoms with Gasteiger partial charge in [-0.15, -0.1) is 0 Å². The van der Waals surface area contributed by atoms with Crippen LogP contribution in [0, 0.1) is 0 Å². The van der Waals surface area contributed by atoms with Crippen LogP contribution in [0.3, 0.4) is 0 Å². The maximum absolute atomic E-state index is 4.84. The van der Waals surface area contributed by atoms with E-state index in [1.807, 2.05) is 6.07 Å². The van der Waals surface area contributed by atoms with Crippen LogP contribution in [-0.4, -0.2) is 15.4 Å². The zero-order valence-electron chi connectivity index (χ0n) is 6.11. The third-order valence-corrected chi connectivity index (χ3v) is 1.57. The van der Waals surface area contributed by atoms with E-state index in [2.05, 4.69) is 22.3 Å². The first-order valence-electron chi connectivity index (χ1n) is 3.47. The lowest BCUT2D eigenvalue weighted by atomic mass is 10.2. The minimum absolute atomic E-state index is 0.571. The summed E-state index contributed by atoms with van der Waals surface area (Å²) in [6.45, 7) is 2.06. The van der Waals surface area contributed by atoms with Gasteiger partial charge in [0.1, 0.15) is 0 Å². The number of nitrogens with zero attached hydrogens (tertiary/aromatic N) is 3. The van der Waals surface area contributed by atoms with Crippen molar-refractivity contribution in [3.8, 4) is 0 Å². The highest BCUT2D eigenvalue weighted by molar-refractivity contribution is 5.66. The second kappa shape index (κ2) is 2.30. The Hall–Kier alpha value is -1.45. The van der Waals surface area contributed by atoms with Crippen molar-refractivity contribution in [3.05, 3.63) is 17.8 Å². The molecule has 0 aliphatic heterocycles. The monoisotopic (exact) mass is 149 g/mol. The molecule has 2 aromatic rings. The number of aromatic nitrogens is 3. The van der Waals surface area contributed by atoms with Crippen LogP contribution in [0.15, 0.2) is 16.8 Å². The van der Waals surface area contributed by atoms with Crippen molar-refractivity contribution in [2.24, 2.45) is 0 Å². The van der Waals surface area contributed by atoms with Crippen molar-refractivity contribution < 1.29 is 4.52 Å². The molecule has 0 fully saturated rings. The SMILES string of the molecule is CCc1cnc2nnoc2c1. The lowest BCUT2D eigenvalue weighted by Crippen LogP contribution is -1.82. The van der Waals surface area contributed by atoms with Crippen molar-refractivity contribution >= 4 is 11.2 Å². The van der Waals surface area contributed by atoms with E-state index in [1.165, 1.54) is 0 Å². The second-order valence-electron chi connectivity index (χ2n) is 2.29. The quantitative estimate of drug-likeness (QED) is 0.610. The fourth-order valence-electron chi connectivity index (χ4n) is 0.917. The van der Waals surface area contributed by atoms with Crippen LogP contribution in [0.5, 0.6) is 0 Å². The normalized spacial score (nSPS) is 10.6. The van der Waals surface area contributed by atoms with Gasteiger partial charge in [0.2, 0.25) is 11.2 Å². The number of rotatable bonds is 1. The van der Waals surface area contributed by atoms with Gasteiger partial charge in [0, 0.05) is 11.5 Å². The lowest BCUT2D eigenvalue weighted by molar-refractivity contribution is 0.424. The Morgan fingerprint density at radius 2 is 2.45 bits per heavy atom. The van der Waals surface area contributed by atoms with Crippen LogP contribution in [-0.2, 0) is 6.42 Å². The fraction of sp³-hybridized carbons (Fsp3) is 0.286. The first-order chi connectivity index (χ1) is 5.40. The van der Waals surface area contributed by atoms with E-state index >= 15 is 0 Å². The largest absolute Gasteiger partial charge is 0.335 e. The summed E-state index contributed by atoms with van der Waals surface area (Å²) in [6, 6.07) is 1.91. The van der Waals surface area contributed by atoms with E-state index in [-0.39, 0.29) is 0 Å². The molecular weight excluding hydrogens is 142 g/mol. The van der Waals surface area contributed by atoms with Gasteiger partial charge in [-0.1, -0.05) is 12.0 Å². The van der Waals surface area contributed by atoms with Gasteiger partial charge in [-0.2, -0.15) is 0 Å². The first-order valence-corrected chi connectivity index (χ1v) is 3.47. The maximum atomic E-state index is 4.84. The summed E-state index contributed by atoms with van der Waals surface area (Å²) < 4.78 is 4.84. The maximum Gasteiger partial charge on any atom is 0.223 e. The molecule has 0 aliphatic rings. The number of hydrogen-bond acceptors (Lipinski definition) is 4. The lowest BCUT2D eigenvalue weighted by Gasteiger charge is -1.90. The molecule has 56 valence electrons. The first kappa shape index (κ1) is 6.27. The van der Waals surface area contributed by atoms with Gasteiger partial charge in [-0.25, -0.2) is 4.98 Å². The van der Waals surface area contributed by atoms with Crippen molar-refractivity contribution in [2.75, 3.05) is 0 Å². The molecule has 0 aliphatic carbocycles. The molecule has 11 heavy (non-hydrogen) atoms. The average Bonchev–Trinajstić information content (AvgIpc) is 2.50. The summed E-state index contributed by atoms with van der Waals surface area (Å²) in [5.74, 6) is 0. The standard InChI is InChI=1S/C7H7N3O/c1-2-5-3-6-7(8-4-5)9-10-11-6/h3-4H,2H2,1H3. The fourth-order valence-corrected chi connectivity index (χ4v) is 0.917. The molecule has 0 unspecified atom stereocenters. The van der Waals surface area contributed by atoms with E-state index < -0.39 is 0 Å². The van der Waals surface area contributed by atoms with Gasteiger partial charge in [0.05, 0.1) is 0 Å². The van der Waals surface area contributed by atoms with E-state index in [0.29, 0.717) is 11.2 Å². The van der Waals surface area contributed by atoms with E-state index in [1.54, 1.807) is 6.20 Å². The van der Waals surface area contributed by atoms with Gasteiger partial charge in [-0.05, 0) is 18.1 Å². The van der Waals surface area contributed by atoms with Gasteiger partial charge in [-0.3, -0.25) is 0 Å². The van der Waals surface area contributed by atoms with E-state index in [0.717, 1.165) is 12.0 Å². The highest BCUT2D eigenvalue weighted by atomic mass is 16.5. The highest BCUT2D eigenvalue weighted by Gasteiger charge is 2.00. The summed E-state index contributed by atoms with van der Waals surface area (Å²) in [7, 11) is 0. The zero-order chi connectivity index (χ0) is 7.68. The van der Waals surface area contributed by atoms with Crippen LogP contribution < -0.4 is 0 Å². The van der Waals surface area contributed by atoms with E-state index in [4.69, 9.17) is 4.52 Å². The summed E-state index contributed by atoms with van der Waals surface area (Å²) in [5, 5.41) is 7.06. The summed E-state index contributed by atoms with van der Waals surface area (Å²) >= 11 is 0. The Morgan fingerprint density at radius 1 is 1.55 bits per heavy atom. The number of pyridine rings is 1. The Kier molecular flexibility index (Phi) is 1.31. The number of aryl methyl sites for hydroxylation is 1. The molecule has 0 N–H and O–H groups in total. The Labute approximate surface area is 63.2 Å². The zero-order valence-corrected chi connectivity index (χ0v) is 6.11. The predicted molar refractivity (Wildman–Crippen MR) is 39.0 cm³/mol. The molecular formula is C7H7N3O. The van der Waals surface area contributed by atoms with Crippen LogP contribution in [0.1, 0.15) is 12.5 Å². The Morgan fingerprint density at radius 3 is 3.27 bits per heavy atom. The third kappa shape index (κ3) is 0.960. The van der Waals surface area contributed by atoms with Gasteiger partial charge in [0.25, 0.3) is 0 Å². The summed E-state index contributed by atoms with van der Waals surface area (Å²) in [4.78, 5) is 4.04. The van der Waals surface area contributed by atoms with Gasteiger partial charge in [0.15, 0.2) is 0 Å². The topological polar surface area (TPSA) is 51.8 Å². The molecule has 0 saturated carbocycles. The highest BCUT2D eigenvalue weighted by Crippen LogP contribution is 2.09. The molecule has 4 nitrogen and oxygen atoms in total. The molecule has 0 saturated heterocycles. The Bertz CT molecular complexity index is 368. The summed E-state index contributed by atoms with van der Waals surface area (Å²) in [6.07, 6.45) is 2.73. The molecule has 2 aromatic heterocycles. The molecule has 0 bridgehead atoms. The molecule has 0 spiro atoms. The molecule has 2 rings (SSSR count). The predicted octanol–water partition coefficient (Wildman–Crippen LogP) is 1.18. The smallest absolute Gasteiger partial charge is 0.223 e. The second-order valence-corrected chi connectivity index (χ2v) is 2.29. The molecule has 0 aromatic carbocycles. The minimum atomic E-state index is 0.571.